The Balaban J connectivity index is 1.03. The number of anilines is 3. The molecule has 4 aliphatic rings. The third kappa shape index (κ3) is 5.78. The first-order valence-corrected chi connectivity index (χ1v) is 25.4. The van der Waals surface area contributed by atoms with Crippen LogP contribution in [0.2, 0.25) is 0 Å². The molecule has 0 saturated carbocycles. The van der Waals surface area contributed by atoms with E-state index in [9.17, 15) is 0 Å². The van der Waals surface area contributed by atoms with Gasteiger partial charge in [-0.1, -0.05) is 215 Å². The summed E-state index contributed by atoms with van der Waals surface area (Å²) in [6, 6.07) is 72.7. The predicted octanol–water partition coefficient (Wildman–Crippen LogP) is 18.4. The van der Waals surface area contributed by atoms with Crippen molar-refractivity contribution in [1.29, 1.82) is 0 Å². The summed E-state index contributed by atoms with van der Waals surface area (Å²) in [5, 5.41) is 0. The van der Waals surface area contributed by atoms with Crippen molar-refractivity contribution in [3.8, 4) is 55.6 Å². The number of fused-ring (bicyclic) bond motifs is 16. The van der Waals surface area contributed by atoms with E-state index in [2.05, 4.69) is 262 Å². The molecule has 1 spiro atoms. The summed E-state index contributed by atoms with van der Waals surface area (Å²) in [6.07, 6.45) is 0. The van der Waals surface area contributed by atoms with Crippen molar-refractivity contribution in [1.82, 2.24) is 0 Å². The van der Waals surface area contributed by atoms with E-state index in [1.165, 1.54) is 123 Å². The Morgan fingerprint density at radius 2 is 0.700 bits per heavy atom. The topological polar surface area (TPSA) is 3.24 Å². The Hall–Kier alpha value is -7.22. The van der Waals surface area contributed by atoms with E-state index in [0.717, 1.165) is 5.69 Å². The van der Waals surface area contributed by atoms with E-state index in [1.54, 1.807) is 0 Å². The lowest BCUT2D eigenvalue weighted by Crippen LogP contribution is -2.27. The van der Waals surface area contributed by atoms with Crippen molar-refractivity contribution in [2.24, 2.45) is 0 Å². The highest BCUT2D eigenvalue weighted by molar-refractivity contribution is 6.01. The van der Waals surface area contributed by atoms with Gasteiger partial charge < -0.3 is 4.90 Å². The average Bonchev–Trinajstić information content (AvgIpc) is 3.98. The van der Waals surface area contributed by atoms with Crippen molar-refractivity contribution >= 4 is 17.1 Å². The smallest absolute Gasteiger partial charge is 0.0725 e. The highest BCUT2D eigenvalue weighted by atomic mass is 15.1. The van der Waals surface area contributed by atoms with Gasteiger partial charge in [0, 0.05) is 27.9 Å². The van der Waals surface area contributed by atoms with Crippen LogP contribution in [0.1, 0.15) is 125 Å². The molecule has 342 valence electrons. The van der Waals surface area contributed by atoms with Crippen LogP contribution in [0.5, 0.6) is 0 Å². The van der Waals surface area contributed by atoms with E-state index in [-0.39, 0.29) is 21.7 Å². The lowest BCUT2D eigenvalue weighted by Gasteiger charge is -2.33. The maximum Gasteiger partial charge on any atom is 0.0725 e. The summed E-state index contributed by atoms with van der Waals surface area (Å²) >= 11 is 0. The van der Waals surface area contributed by atoms with Crippen LogP contribution in [0.4, 0.5) is 17.1 Å². The van der Waals surface area contributed by atoms with Gasteiger partial charge in [-0.25, -0.2) is 0 Å². The summed E-state index contributed by atoms with van der Waals surface area (Å²) in [4.78, 5) is 2.50. The first kappa shape index (κ1) is 42.8. The molecule has 70 heavy (non-hydrogen) atoms. The van der Waals surface area contributed by atoms with E-state index >= 15 is 0 Å². The van der Waals surface area contributed by atoms with Crippen LogP contribution < -0.4 is 4.90 Å². The minimum absolute atomic E-state index is 0.0130. The second-order valence-corrected chi connectivity index (χ2v) is 23.7. The molecule has 1 heteroatoms. The predicted molar refractivity (Wildman–Crippen MR) is 295 cm³/mol. The number of benzene rings is 9. The first-order chi connectivity index (χ1) is 33.5. The zero-order chi connectivity index (χ0) is 48.3. The molecule has 13 rings (SSSR count). The quantitative estimate of drug-likeness (QED) is 0.170. The molecule has 0 unspecified atom stereocenters. The Morgan fingerprint density at radius 1 is 0.300 bits per heavy atom. The number of rotatable bonds is 4. The Morgan fingerprint density at radius 3 is 1.19 bits per heavy atom. The molecule has 0 amide bonds. The van der Waals surface area contributed by atoms with Gasteiger partial charge >= 0.3 is 0 Å². The molecule has 0 fully saturated rings. The molecule has 0 aromatic heterocycles. The van der Waals surface area contributed by atoms with Crippen molar-refractivity contribution < 1.29 is 0 Å². The van der Waals surface area contributed by atoms with Crippen molar-refractivity contribution in [3.05, 3.63) is 244 Å². The Kier molecular flexibility index (Phi) is 8.83. The molecule has 0 aliphatic heterocycles. The van der Waals surface area contributed by atoms with Gasteiger partial charge in [-0.3, -0.25) is 0 Å². The molecule has 4 aliphatic carbocycles. The Labute approximate surface area is 415 Å². The second kappa shape index (κ2) is 14.4. The van der Waals surface area contributed by atoms with E-state index in [4.69, 9.17) is 0 Å². The van der Waals surface area contributed by atoms with Gasteiger partial charge in [0.2, 0.25) is 0 Å². The molecule has 0 atom stereocenters. The van der Waals surface area contributed by atoms with E-state index in [0.29, 0.717) is 0 Å². The zero-order valence-electron chi connectivity index (χ0n) is 42.3. The van der Waals surface area contributed by atoms with Crippen molar-refractivity contribution in [3.63, 3.8) is 0 Å². The molecule has 9 aromatic rings. The lowest BCUT2D eigenvalue weighted by atomic mass is 9.68. The van der Waals surface area contributed by atoms with Crippen LogP contribution in [0.25, 0.3) is 55.6 Å². The number of nitrogens with zero attached hydrogens (tertiary/aromatic N) is 1. The minimum Gasteiger partial charge on any atom is -0.310 e. The molecule has 0 radical (unpaired) electrons. The second-order valence-electron chi connectivity index (χ2n) is 23.7. The van der Waals surface area contributed by atoms with Gasteiger partial charge in [0.1, 0.15) is 0 Å². The van der Waals surface area contributed by atoms with Gasteiger partial charge in [-0.2, -0.15) is 0 Å². The molecule has 0 saturated heterocycles. The zero-order valence-corrected chi connectivity index (χ0v) is 42.3. The fourth-order valence-electron chi connectivity index (χ4n) is 13.3. The van der Waals surface area contributed by atoms with Crippen LogP contribution in [-0.4, -0.2) is 0 Å². The van der Waals surface area contributed by atoms with Crippen LogP contribution in [-0.2, 0) is 27.1 Å². The fourth-order valence-corrected chi connectivity index (χ4v) is 13.3. The summed E-state index contributed by atoms with van der Waals surface area (Å²) in [6.45, 7) is 23.7. The molecular weight excluding hydrogens is 843 g/mol. The largest absolute Gasteiger partial charge is 0.310 e. The van der Waals surface area contributed by atoms with Gasteiger partial charge in [-0.15, -0.1) is 0 Å². The molecule has 0 N–H and O–H groups in total. The fraction of sp³-hybridized carbons (Fsp3) is 0.217. The molecule has 1 nitrogen and oxygen atoms in total. The third-order valence-corrected chi connectivity index (χ3v) is 17.0. The van der Waals surface area contributed by atoms with Crippen LogP contribution in [0, 0.1) is 0 Å². The standard InChI is InChI=1S/C69H61N/c1-65(2,3)43-29-34-54-62(38-43)69(58-25-17-13-21-50(58)51-22-14-18-26-59(51)69)63-39-44(66(4,5)6)37-55(64(54)63)42-27-30-45(31-28-42)70(46-32-35-52-48-19-11-15-23-56(48)67(7,8)60(52)40-46)47-33-36-53-49-20-12-16-24-57(49)68(9,10)61(53)41-47/h11-41H,1-10H3. The maximum absolute atomic E-state index is 2.58. The highest BCUT2D eigenvalue weighted by Gasteiger charge is 2.53. The SMILES string of the molecule is CC(C)(C)c1ccc2c(c1)C1(c3ccccc3-c3ccccc31)c1cc(C(C)(C)C)cc(-c3ccc(N(c4ccc5c(c4)C(C)(C)c4ccccc4-5)c4ccc5c(c4)C(C)(C)c4ccccc4-5)cc3)c1-2. The molecule has 0 heterocycles. The van der Waals surface area contributed by atoms with Gasteiger partial charge in [0.05, 0.1) is 5.41 Å². The van der Waals surface area contributed by atoms with Crippen LogP contribution >= 0.6 is 0 Å². The van der Waals surface area contributed by atoms with Gasteiger partial charge in [-0.05, 0) is 165 Å². The van der Waals surface area contributed by atoms with E-state index < -0.39 is 5.41 Å². The van der Waals surface area contributed by atoms with Gasteiger partial charge in [0.15, 0.2) is 0 Å². The molecule has 0 bridgehead atoms. The third-order valence-electron chi connectivity index (χ3n) is 17.0. The van der Waals surface area contributed by atoms with Crippen molar-refractivity contribution in [2.75, 3.05) is 4.90 Å². The first-order valence-electron chi connectivity index (χ1n) is 25.4. The summed E-state index contributed by atoms with van der Waals surface area (Å²) < 4.78 is 0. The summed E-state index contributed by atoms with van der Waals surface area (Å²) in [5.41, 5.74) is 29.7. The number of hydrogen-bond donors (Lipinski definition) is 0. The lowest BCUT2D eigenvalue weighted by molar-refractivity contribution is 0.586. The number of hydrogen-bond acceptors (Lipinski definition) is 1. The normalized spacial score (nSPS) is 15.6. The molecular formula is C69H61N. The summed E-state index contributed by atoms with van der Waals surface area (Å²) in [5.74, 6) is 0. The monoisotopic (exact) mass is 903 g/mol. The van der Waals surface area contributed by atoms with Crippen LogP contribution in [0.3, 0.4) is 0 Å². The van der Waals surface area contributed by atoms with Crippen LogP contribution in [0.15, 0.2) is 188 Å². The minimum atomic E-state index is -0.451. The average molecular weight is 904 g/mol. The summed E-state index contributed by atoms with van der Waals surface area (Å²) in [7, 11) is 0. The van der Waals surface area contributed by atoms with E-state index in [1.807, 2.05) is 0 Å². The Bertz CT molecular complexity index is 3520. The van der Waals surface area contributed by atoms with Crippen molar-refractivity contribution in [2.45, 2.75) is 96.3 Å². The molecule has 9 aromatic carbocycles. The van der Waals surface area contributed by atoms with Gasteiger partial charge in [0.25, 0.3) is 0 Å². The maximum atomic E-state index is 2.58. The highest BCUT2D eigenvalue weighted by Crippen LogP contribution is 2.65.